The number of hydrogen-bond donors (Lipinski definition) is 1. The number of aliphatic hydroxyl groups excluding tert-OH is 1. The van der Waals surface area contributed by atoms with Crippen LogP contribution in [0.1, 0.15) is 24.5 Å². The Kier molecular flexibility index (Phi) is 4.07. The number of halogens is 1. The topological polar surface area (TPSA) is 63.8 Å². The second-order valence-corrected chi connectivity index (χ2v) is 8.08. The molecule has 5 aromatic rings. The zero-order chi connectivity index (χ0) is 20.9. The van der Waals surface area contributed by atoms with Crippen LogP contribution in [-0.4, -0.2) is 25.1 Å². The van der Waals surface area contributed by atoms with Crippen molar-refractivity contribution < 1.29 is 9.50 Å². The molecule has 1 aliphatic carbocycles. The normalized spacial score (nSPS) is 14.9. The van der Waals surface area contributed by atoms with Gasteiger partial charge in [0.1, 0.15) is 11.3 Å². The largest absolute Gasteiger partial charge is 0.388 e. The van der Waals surface area contributed by atoms with E-state index in [-0.39, 0.29) is 5.82 Å². The molecule has 0 radical (unpaired) electrons. The highest BCUT2D eigenvalue weighted by Crippen LogP contribution is 2.43. The lowest BCUT2D eigenvalue weighted by atomic mass is 9.98. The maximum atomic E-state index is 13.3. The SMILES string of the molecule is OC(c1cc(-c2ccc3c(c2)nnn3-c2ccc(F)cc2)nc2ccccc12)C1CC1. The second kappa shape index (κ2) is 6.96. The molecule has 6 rings (SSSR count). The first-order valence-electron chi connectivity index (χ1n) is 10.4. The first-order chi connectivity index (χ1) is 15.2. The Morgan fingerprint density at radius 2 is 1.74 bits per heavy atom. The van der Waals surface area contributed by atoms with Crippen LogP contribution in [0.25, 0.3) is 38.9 Å². The van der Waals surface area contributed by atoms with Gasteiger partial charge >= 0.3 is 0 Å². The summed E-state index contributed by atoms with van der Waals surface area (Å²) in [4.78, 5) is 4.84. The minimum absolute atomic E-state index is 0.290. The smallest absolute Gasteiger partial charge is 0.123 e. The molecule has 0 saturated heterocycles. The average molecular weight is 410 g/mol. The van der Waals surface area contributed by atoms with Gasteiger partial charge in [-0.2, -0.15) is 0 Å². The van der Waals surface area contributed by atoms with Gasteiger partial charge in [0.25, 0.3) is 0 Å². The predicted octanol–water partition coefficient (Wildman–Crippen LogP) is 5.22. The summed E-state index contributed by atoms with van der Waals surface area (Å²) in [7, 11) is 0. The highest BCUT2D eigenvalue weighted by Gasteiger charge is 2.32. The molecule has 1 aliphatic rings. The van der Waals surface area contributed by atoms with Crippen LogP contribution in [0.15, 0.2) is 72.8 Å². The number of benzene rings is 3. The fourth-order valence-corrected chi connectivity index (χ4v) is 4.12. The molecule has 0 bridgehead atoms. The molecule has 2 heterocycles. The lowest BCUT2D eigenvalue weighted by Gasteiger charge is -2.15. The van der Waals surface area contributed by atoms with Crippen molar-refractivity contribution in [2.75, 3.05) is 0 Å². The van der Waals surface area contributed by atoms with Crippen molar-refractivity contribution in [1.82, 2.24) is 20.0 Å². The highest BCUT2D eigenvalue weighted by molar-refractivity contribution is 5.87. The zero-order valence-electron chi connectivity index (χ0n) is 16.6. The maximum Gasteiger partial charge on any atom is 0.123 e. The number of rotatable bonds is 4. The molecule has 31 heavy (non-hydrogen) atoms. The van der Waals surface area contributed by atoms with Gasteiger partial charge in [-0.15, -0.1) is 5.10 Å². The molecule has 1 unspecified atom stereocenters. The van der Waals surface area contributed by atoms with Gasteiger partial charge in [-0.1, -0.05) is 29.5 Å². The molecule has 0 spiro atoms. The van der Waals surface area contributed by atoms with Crippen molar-refractivity contribution in [2.24, 2.45) is 5.92 Å². The van der Waals surface area contributed by atoms with Crippen LogP contribution < -0.4 is 0 Å². The van der Waals surface area contributed by atoms with Crippen LogP contribution in [0.2, 0.25) is 0 Å². The summed E-state index contributed by atoms with van der Waals surface area (Å²) < 4.78 is 15.0. The lowest BCUT2D eigenvalue weighted by molar-refractivity contribution is 0.155. The van der Waals surface area contributed by atoms with Gasteiger partial charge in [-0.3, -0.25) is 0 Å². The summed E-state index contributed by atoms with van der Waals surface area (Å²) in [6.07, 6.45) is 1.65. The van der Waals surface area contributed by atoms with E-state index >= 15 is 0 Å². The van der Waals surface area contributed by atoms with Crippen molar-refractivity contribution in [1.29, 1.82) is 0 Å². The van der Waals surface area contributed by atoms with Crippen molar-refractivity contribution in [3.8, 4) is 16.9 Å². The van der Waals surface area contributed by atoms with Crippen LogP contribution in [0.3, 0.4) is 0 Å². The van der Waals surface area contributed by atoms with E-state index in [0.29, 0.717) is 5.92 Å². The molecule has 1 atom stereocenters. The molecule has 3 aromatic carbocycles. The van der Waals surface area contributed by atoms with Gasteiger partial charge in [-0.25, -0.2) is 14.1 Å². The Morgan fingerprint density at radius 3 is 2.55 bits per heavy atom. The molecule has 5 nitrogen and oxygen atoms in total. The molecule has 1 fully saturated rings. The van der Waals surface area contributed by atoms with Crippen molar-refractivity contribution in [2.45, 2.75) is 18.9 Å². The summed E-state index contributed by atoms with van der Waals surface area (Å²) in [5, 5.41) is 20.4. The Labute approximate surface area is 177 Å². The molecular formula is C25H19FN4O. The fourth-order valence-electron chi connectivity index (χ4n) is 4.12. The third-order valence-corrected chi connectivity index (χ3v) is 5.95. The summed E-state index contributed by atoms with van der Waals surface area (Å²) >= 11 is 0. The van der Waals surface area contributed by atoms with E-state index in [1.165, 1.54) is 12.1 Å². The van der Waals surface area contributed by atoms with E-state index in [1.54, 1.807) is 16.8 Å². The van der Waals surface area contributed by atoms with E-state index in [9.17, 15) is 9.50 Å². The standard InChI is InChI=1S/C25H19FN4O/c26-17-8-10-18(11-9-17)30-24-12-7-16(13-23(24)28-29-30)22-14-20(25(31)15-5-6-15)19-3-1-2-4-21(19)27-22/h1-4,7-15,25,31H,5-6H2. The molecule has 6 heteroatoms. The number of nitrogens with zero attached hydrogens (tertiary/aromatic N) is 4. The van der Waals surface area contributed by atoms with Crippen LogP contribution >= 0.6 is 0 Å². The quantitative estimate of drug-likeness (QED) is 0.441. The van der Waals surface area contributed by atoms with E-state index in [1.807, 2.05) is 48.5 Å². The number of pyridine rings is 1. The summed E-state index contributed by atoms with van der Waals surface area (Å²) in [6.45, 7) is 0. The number of fused-ring (bicyclic) bond motifs is 2. The average Bonchev–Trinajstić information content (AvgIpc) is 3.57. The third-order valence-electron chi connectivity index (χ3n) is 5.95. The highest BCUT2D eigenvalue weighted by atomic mass is 19.1. The van der Waals surface area contributed by atoms with Gasteiger partial charge < -0.3 is 5.11 Å². The van der Waals surface area contributed by atoms with E-state index in [4.69, 9.17) is 4.98 Å². The molecular weight excluding hydrogens is 391 g/mol. The lowest BCUT2D eigenvalue weighted by Crippen LogP contribution is -2.02. The molecule has 2 aromatic heterocycles. The van der Waals surface area contributed by atoms with Gasteiger partial charge in [0.05, 0.1) is 28.5 Å². The Bertz CT molecular complexity index is 1420. The van der Waals surface area contributed by atoms with Crippen molar-refractivity contribution in [3.63, 3.8) is 0 Å². The van der Waals surface area contributed by atoms with Gasteiger partial charge in [0.15, 0.2) is 0 Å². The van der Waals surface area contributed by atoms with Crippen LogP contribution in [0.4, 0.5) is 4.39 Å². The predicted molar refractivity (Wildman–Crippen MR) is 117 cm³/mol. The summed E-state index contributed by atoms with van der Waals surface area (Å²) in [6, 6.07) is 22.0. The number of para-hydroxylation sites is 1. The molecule has 1 N–H and O–H groups in total. The van der Waals surface area contributed by atoms with Crippen molar-refractivity contribution in [3.05, 3.63) is 84.2 Å². The van der Waals surface area contributed by atoms with Crippen LogP contribution in [0, 0.1) is 11.7 Å². The van der Waals surface area contributed by atoms with E-state index in [2.05, 4.69) is 10.3 Å². The summed E-state index contributed by atoms with van der Waals surface area (Å²) in [5.74, 6) is 0.0405. The van der Waals surface area contributed by atoms with Gasteiger partial charge in [-0.05, 0) is 72.9 Å². The van der Waals surface area contributed by atoms with Gasteiger partial charge in [0.2, 0.25) is 0 Å². The number of aliphatic hydroxyl groups is 1. The van der Waals surface area contributed by atoms with Gasteiger partial charge in [0, 0.05) is 10.9 Å². The van der Waals surface area contributed by atoms with Crippen LogP contribution in [0.5, 0.6) is 0 Å². The molecule has 0 amide bonds. The van der Waals surface area contributed by atoms with E-state index < -0.39 is 6.10 Å². The number of hydrogen-bond acceptors (Lipinski definition) is 4. The van der Waals surface area contributed by atoms with Crippen LogP contribution in [-0.2, 0) is 0 Å². The number of aromatic nitrogens is 4. The Morgan fingerprint density at radius 1 is 0.935 bits per heavy atom. The zero-order valence-corrected chi connectivity index (χ0v) is 16.6. The third kappa shape index (κ3) is 3.16. The Balaban J connectivity index is 1.47. The summed E-state index contributed by atoms with van der Waals surface area (Å²) in [5.41, 5.74) is 5.80. The second-order valence-electron chi connectivity index (χ2n) is 8.08. The molecule has 0 aliphatic heterocycles. The maximum absolute atomic E-state index is 13.3. The van der Waals surface area contributed by atoms with Crippen molar-refractivity contribution >= 4 is 21.9 Å². The molecule has 1 saturated carbocycles. The Hall–Kier alpha value is -3.64. The molecule has 152 valence electrons. The van der Waals surface area contributed by atoms with E-state index in [0.717, 1.165) is 57.3 Å². The monoisotopic (exact) mass is 410 g/mol. The minimum Gasteiger partial charge on any atom is -0.388 e. The first-order valence-corrected chi connectivity index (χ1v) is 10.4. The first kappa shape index (κ1) is 18.2. The fraction of sp³-hybridized carbons (Fsp3) is 0.160. The minimum atomic E-state index is -0.477.